The molecule has 0 radical (unpaired) electrons. The van der Waals surface area contributed by atoms with Crippen molar-refractivity contribution in [1.29, 1.82) is 0 Å². The summed E-state index contributed by atoms with van der Waals surface area (Å²) in [6.07, 6.45) is 0. The van der Waals surface area contributed by atoms with Crippen LogP contribution in [-0.2, 0) is 13.6 Å². The molecule has 1 unspecified atom stereocenters. The first-order chi connectivity index (χ1) is 8.01. The van der Waals surface area contributed by atoms with Gasteiger partial charge in [0.15, 0.2) is 0 Å². The fourth-order valence-electron chi connectivity index (χ4n) is 1.88. The lowest BCUT2D eigenvalue weighted by Gasteiger charge is -2.20. The highest BCUT2D eigenvalue weighted by Crippen LogP contribution is 2.20. The van der Waals surface area contributed by atoms with Crippen LogP contribution in [0, 0.1) is 12.8 Å². The minimum absolute atomic E-state index is 0.0966. The summed E-state index contributed by atoms with van der Waals surface area (Å²) in [7, 11) is 3.51. The highest BCUT2D eigenvalue weighted by Gasteiger charge is 2.16. The number of nitrogens with zero attached hydrogens (tertiary/aromatic N) is 2. The first-order valence-corrected chi connectivity index (χ1v) is 5.92. The second-order valence-corrected chi connectivity index (χ2v) is 4.61. The van der Waals surface area contributed by atoms with Gasteiger partial charge in [0, 0.05) is 19.6 Å². The average Bonchev–Trinajstić information content (AvgIpc) is 2.53. The maximum atomic E-state index is 9.26. The molecule has 0 aliphatic heterocycles. The van der Waals surface area contributed by atoms with Crippen LogP contribution in [0.2, 0.25) is 0 Å². The van der Waals surface area contributed by atoms with Crippen LogP contribution in [-0.4, -0.2) is 34.6 Å². The summed E-state index contributed by atoms with van der Waals surface area (Å²) in [5, 5.41) is 16.9. The van der Waals surface area contributed by atoms with E-state index >= 15 is 0 Å². The minimum Gasteiger partial charge on any atom is -0.481 e. The second-order valence-electron chi connectivity index (χ2n) is 4.61. The molecule has 1 rings (SSSR count). The van der Waals surface area contributed by atoms with Crippen molar-refractivity contribution in [1.82, 2.24) is 15.1 Å². The van der Waals surface area contributed by atoms with E-state index in [1.165, 1.54) is 0 Å². The van der Waals surface area contributed by atoms with E-state index in [0.29, 0.717) is 12.5 Å². The molecule has 0 spiro atoms. The molecule has 0 aliphatic rings. The fraction of sp³-hybridized carbons (Fsp3) is 0.750. The highest BCUT2D eigenvalue weighted by atomic mass is 16.5. The Morgan fingerprint density at radius 3 is 2.59 bits per heavy atom. The summed E-state index contributed by atoms with van der Waals surface area (Å²) in [5.41, 5.74) is 2.01. The van der Waals surface area contributed by atoms with E-state index in [4.69, 9.17) is 4.74 Å². The van der Waals surface area contributed by atoms with E-state index in [2.05, 4.69) is 24.3 Å². The Morgan fingerprint density at radius 2 is 2.12 bits per heavy atom. The molecule has 1 atom stereocenters. The molecular weight excluding hydrogens is 218 g/mol. The molecule has 0 aromatic carbocycles. The van der Waals surface area contributed by atoms with Crippen LogP contribution in [0.4, 0.5) is 0 Å². The van der Waals surface area contributed by atoms with E-state index in [-0.39, 0.29) is 12.6 Å². The van der Waals surface area contributed by atoms with E-state index in [9.17, 15) is 5.11 Å². The van der Waals surface area contributed by atoms with Crippen LogP contribution in [0.1, 0.15) is 25.1 Å². The standard InChI is InChI=1S/C12H23N3O2/c1-8(2)11(7-16)13-6-10-9(3)14-15(4)12(10)17-5/h8,11,13,16H,6-7H2,1-5H3. The number of nitrogens with one attached hydrogen (secondary N) is 1. The van der Waals surface area contributed by atoms with Gasteiger partial charge in [0.25, 0.3) is 0 Å². The molecule has 2 N–H and O–H groups in total. The van der Waals surface area contributed by atoms with Crippen LogP contribution in [0.15, 0.2) is 0 Å². The summed E-state index contributed by atoms with van der Waals surface area (Å²) in [5.74, 6) is 1.17. The van der Waals surface area contributed by atoms with Gasteiger partial charge < -0.3 is 15.2 Å². The van der Waals surface area contributed by atoms with E-state index in [0.717, 1.165) is 17.1 Å². The molecule has 0 aliphatic carbocycles. The number of aliphatic hydroxyl groups excluding tert-OH is 1. The zero-order valence-electron chi connectivity index (χ0n) is 11.3. The molecule has 5 nitrogen and oxygen atoms in total. The Hall–Kier alpha value is -1.07. The summed E-state index contributed by atoms with van der Waals surface area (Å²) < 4.78 is 7.05. The number of methoxy groups -OCH3 is 1. The molecule has 17 heavy (non-hydrogen) atoms. The summed E-state index contributed by atoms with van der Waals surface area (Å²) in [4.78, 5) is 0. The summed E-state index contributed by atoms with van der Waals surface area (Å²) >= 11 is 0. The molecule has 0 fully saturated rings. The van der Waals surface area contributed by atoms with Crippen molar-refractivity contribution in [3.8, 4) is 5.88 Å². The number of rotatable bonds is 6. The van der Waals surface area contributed by atoms with Crippen molar-refractivity contribution >= 4 is 0 Å². The molecule has 1 heterocycles. The van der Waals surface area contributed by atoms with Gasteiger partial charge in [-0.05, 0) is 12.8 Å². The van der Waals surface area contributed by atoms with Crippen molar-refractivity contribution in [3.05, 3.63) is 11.3 Å². The molecule has 0 bridgehead atoms. The van der Waals surface area contributed by atoms with Crippen LogP contribution >= 0.6 is 0 Å². The van der Waals surface area contributed by atoms with Crippen molar-refractivity contribution in [2.24, 2.45) is 13.0 Å². The third kappa shape index (κ3) is 3.20. The zero-order valence-corrected chi connectivity index (χ0v) is 11.3. The summed E-state index contributed by atoms with van der Waals surface area (Å²) in [6.45, 7) is 6.93. The van der Waals surface area contributed by atoms with Gasteiger partial charge >= 0.3 is 0 Å². The Balaban J connectivity index is 2.74. The predicted molar refractivity (Wildman–Crippen MR) is 67.0 cm³/mol. The third-order valence-corrected chi connectivity index (χ3v) is 3.02. The van der Waals surface area contributed by atoms with Crippen LogP contribution in [0.5, 0.6) is 5.88 Å². The van der Waals surface area contributed by atoms with Gasteiger partial charge in [-0.1, -0.05) is 13.8 Å². The smallest absolute Gasteiger partial charge is 0.216 e. The zero-order chi connectivity index (χ0) is 13.0. The maximum absolute atomic E-state index is 9.26. The fourth-order valence-corrected chi connectivity index (χ4v) is 1.88. The number of hydrogen-bond acceptors (Lipinski definition) is 4. The van der Waals surface area contributed by atoms with Gasteiger partial charge in [0.05, 0.1) is 25.0 Å². The Morgan fingerprint density at radius 1 is 1.47 bits per heavy atom. The molecule has 5 heteroatoms. The third-order valence-electron chi connectivity index (χ3n) is 3.02. The average molecular weight is 241 g/mol. The SMILES string of the molecule is COc1c(CNC(CO)C(C)C)c(C)nn1C. The van der Waals surface area contributed by atoms with Crippen LogP contribution in [0.25, 0.3) is 0 Å². The lowest BCUT2D eigenvalue weighted by Crippen LogP contribution is -2.36. The number of aromatic nitrogens is 2. The van der Waals surface area contributed by atoms with Crippen molar-refractivity contribution < 1.29 is 9.84 Å². The van der Waals surface area contributed by atoms with Gasteiger partial charge in [-0.25, -0.2) is 4.68 Å². The quantitative estimate of drug-likeness (QED) is 0.775. The van der Waals surface area contributed by atoms with E-state index in [1.807, 2.05) is 14.0 Å². The van der Waals surface area contributed by atoms with E-state index < -0.39 is 0 Å². The Labute approximate surface area is 103 Å². The van der Waals surface area contributed by atoms with Crippen molar-refractivity contribution in [3.63, 3.8) is 0 Å². The minimum atomic E-state index is 0.0966. The number of aliphatic hydroxyl groups is 1. The topological polar surface area (TPSA) is 59.3 Å². The van der Waals surface area contributed by atoms with Gasteiger partial charge in [-0.2, -0.15) is 5.10 Å². The number of aryl methyl sites for hydroxylation is 2. The first-order valence-electron chi connectivity index (χ1n) is 5.92. The normalized spacial score (nSPS) is 13.1. The van der Waals surface area contributed by atoms with Crippen molar-refractivity contribution in [2.45, 2.75) is 33.4 Å². The van der Waals surface area contributed by atoms with Gasteiger partial charge in [0.1, 0.15) is 0 Å². The lowest BCUT2D eigenvalue weighted by atomic mass is 10.1. The molecule has 1 aromatic heterocycles. The highest BCUT2D eigenvalue weighted by molar-refractivity contribution is 5.30. The Kier molecular flexibility index (Phi) is 4.96. The van der Waals surface area contributed by atoms with Gasteiger partial charge in [-0.15, -0.1) is 0 Å². The van der Waals surface area contributed by atoms with Crippen molar-refractivity contribution in [2.75, 3.05) is 13.7 Å². The molecule has 0 saturated heterocycles. The molecular formula is C12H23N3O2. The molecule has 0 saturated carbocycles. The second kappa shape index (κ2) is 6.02. The predicted octanol–water partition coefficient (Wildman–Crippen LogP) is 0.844. The number of hydrogen-bond donors (Lipinski definition) is 2. The summed E-state index contributed by atoms with van der Waals surface area (Å²) in [6, 6.07) is 0.0966. The molecule has 1 aromatic rings. The van der Waals surface area contributed by atoms with E-state index in [1.54, 1.807) is 11.8 Å². The number of ether oxygens (including phenoxy) is 1. The molecule has 98 valence electrons. The van der Waals surface area contributed by atoms with Crippen LogP contribution in [0.3, 0.4) is 0 Å². The van der Waals surface area contributed by atoms with Gasteiger partial charge in [0.2, 0.25) is 5.88 Å². The largest absolute Gasteiger partial charge is 0.481 e. The maximum Gasteiger partial charge on any atom is 0.216 e. The molecule has 0 amide bonds. The van der Waals surface area contributed by atoms with Crippen LogP contribution < -0.4 is 10.1 Å². The Bertz CT molecular complexity index is 361. The first kappa shape index (κ1) is 14.0. The monoisotopic (exact) mass is 241 g/mol. The van der Waals surface area contributed by atoms with Gasteiger partial charge in [-0.3, -0.25) is 0 Å². The lowest BCUT2D eigenvalue weighted by molar-refractivity contribution is 0.209.